The van der Waals surface area contributed by atoms with Crippen molar-refractivity contribution in [2.24, 2.45) is 17.3 Å². The summed E-state index contributed by atoms with van der Waals surface area (Å²) in [6.45, 7) is 4.94. The summed E-state index contributed by atoms with van der Waals surface area (Å²) in [6.07, 6.45) is 0.336. The Labute approximate surface area is 144 Å². The summed E-state index contributed by atoms with van der Waals surface area (Å²) in [4.78, 5) is 25.3. The number of carbonyl (C=O) groups is 2. The van der Waals surface area contributed by atoms with E-state index in [9.17, 15) is 18.4 Å². The van der Waals surface area contributed by atoms with Crippen molar-refractivity contribution in [3.63, 3.8) is 0 Å². The molecule has 8 heteroatoms. The Morgan fingerprint density at radius 2 is 2.00 bits per heavy atom. The molecule has 25 heavy (non-hydrogen) atoms. The number of aromatic nitrogens is 2. The average Bonchev–Trinajstić information content (AvgIpc) is 3.07. The predicted octanol–water partition coefficient (Wildman–Crippen LogP) is 2.80. The van der Waals surface area contributed by atoms with E-state index in [4.69, 9.17) is 5.11 Å². The van der Waals surface area contributed by atoms with Crippen molar-refractivity contribution >= 4 is 11.9 Å². The summed E-state index contributed by atoms with van der Waals surface area (Å²) in [5, 5.41) is 13.1. The lowest BCUT2D eigenvalue weighted by Crippen LogP contribution is -2.40. The Morgan fingerprint density at radius 1 is 1.36 bits per heavy atom. The SMILES string of the molecule is CC(C)Cn1ncc(C(=O)N2CCC3(CC2)CC3C(=O)O)c1C(F)F. The van der Waals surface area contributed by atoms with Crippen LogP contribution in [0.4, 0.5) is 8.78 Å². The van der Waals surface area contributed by atoms with Crippen LogP contribution in [0.2, 0.25) is 0 Å². The van der Waals surface area contributed by atoms with Crippen molar-refractivity contribution in [1.82, 2.24) is 14.7 Å². The van der Waals surface area contributed by atoms with Gasteiger partial charge in [0.2, 0.25) is 0 Å². The normalized spacial score (nSPS) is 22.0. The van der Waals surface area contributed by atoms with E-state index in [0.717, 1.165) is 0 Å². The fourth-order valence-corrected chi connectivity index (χ4v) is 3.86. The molecule has 1 saturated heterocycles. The molecule has 1 aliphatic heterocycles. The zero-order chi connectivity index (χ0) is 18.4. The number of halogens is 2. The van der Waals surface area contributed by atoms with Gasteiger partial charge in [0.25, 0.3) is 12.3 Å². The minimum Gasteiger partial charge on any atom is -0.481 e. The summed E-state index contributed by atoms with van der Waals surface area (Å²) < 4.78 is 28.2. The Kier molecular flexibility index (Phi) is 4.55. The van der Waals surface area contributed by atoms with Crippen LogP contribution in [0, 0.1) is 17.3 Å². The van der Waals surface area contributed by atoms with Gasteiger partial charge in [-0.1, -0.05) is 13.8 Å². The van der Waals surface area contributed by atoms with E-state index < -0.39 is 18.3 Å². The fourth-order valence-electron chi connectivity index (χ4n) is 3.86. The lowest BCUT2D eigenvalue weighted by molar-refractivity contribution is -0.139. The molecule has 2 heterocycles. The van der Waals surface area contributed by atoms with E-state index in [1.54, 1.807) is 4.90 Å². The van der Waals surface area contributed by atoms with Crippen LogP contribution < -0.4 is 0 Å². The minimum absolute atomic E-state index is 0.0443. The van der Waals surface area contributed by atoms with Crippen molar-refractivity contribution in [1.29, 1.82) is 0 Å². The van der Waals surface area contributed by atoms with Crippen LogP contribution >= 0.6 is 0 Å². The smallest absolute Gasteiger partial charge is 0.307 e. The third kappa shape index (κ3) is 3.26. The lowest BCUT2D eigenvalue weighted by atomic mass is 9.90. The van der Waals surface area contributed by atoms with E-state index in [0.29, 0.717) is 38.9 Å². The highest BCUT2D eigenvalue weighted by molar-refractivity contribution is 5.95. The van der Waals surface area contributed by atoms with Crippen LogP contribution in [0.15, 0.2) is 6.20 Å². The summed E-state index contributed by atoms with van der Waals surface area (Å²) in [7, 11) is 0. The number of alkyl halides is 2. The molecular weight excluding hydrogens is 332 g/mol. The third-order valence-electron chi connectivity index (χ3n) is 5.39. The first-order valence-electron chi connectivity index (χ1n) is 8.61. The number of carboxylic acids is 1. The molecule has 138 valence electrons. The van der Waals surface area contributed by atoms with Crippen LogP contribution in [0.3, 0.4) is 0 Å². The summed E-state index contributed by atoms with van der Waals surface area (Å²) >= 11 is 0. The first kappa shape index (κ1) is 17.8. The first-order valence-corrected chi connectivity index (χ1v) is 8.61. The molecule has 1 amide bonds. The molecule has 1 atom stereocenters. The molecule has 6 nitrogen and oxygen atoms in total. The molecule has 1 saturated carbocycles. The second-order valence-electron chi connectivity index (χ2n) is 7.57. The van der Waals surface area contributed by atoms with Gasteiger partial charge < -0.3 is 10.0 Å². The van der Waals surface area contributed by atoms with E-state index in [-0.39, 0.29) is 28.5 Å². The number of carbonyl (C=O) groups excluding carboxylic acids is 1. The first-order chi connectivity index (χ1) is 11.7. The molecule has 1 aliphatic carbocycles. The van der Waals surface area contributed by atoms with Gasteiger partial charge in [0, 0.05) is 19.6 Å². The van der Waals surface area contributed by atoms with Crippen molar-refractivity contribution in [3.05, 3.63) is 17.5 Å². The molecule has 3 rings (SSSR count). The van der Waals surface area contributed by atoms with Crippen LogP contribution in [0.1, 0.15) is 55.6 Å². The second kappa shape index (κ2) is 6.38. The average molecular weight is 355 g/mol. The molecule has 1 aromatic heterocycles. The molecule has 1 unspecified atom stereocenters. The quantitative estimate of drug-likeness (QED) is 0.881. The number of aliphatic carboxylic acids is 1. The number of hydrogen-bond acceptors (Lipinski definition) is 3. The van der Waals surface area contributed by atoms with Crippen molar-refractivity contribution in [3.8, 4) is 0 Å². The zero-order valence-corrected chi connectivity index (χ0v) is 14.4. The van der Waals surface area contributed by atoms with Gasteiger partial charge in [-0.05, 0) is 30.6 Å². The van der Waals surface area contributed by atoms with Crippen molar-refractivity contribution in [2.75, 3.05) is 13.1 Å². The summed E-state index contributed by atoms with van der Waals surface area (Å²) in [5.74, 6) is -1.41. The minimum atomic E-state index is -2.77. The zero-order valence-electron chi connectivity index (χ0n) is 14.4. The number of likely N-dealkylation sites (tertiary alicyclic amines) is 1. The van der Waals surface area contributed by atoms with Crippen LogP contribution in [0.5, 0.6) is 0 Å². The molecule has 2 aliphatic rings. The highest BCUT2D eigenvalue weighted by Gasteiger charge is 2.59. The number of nitrogens with zero attached hydrogens (tertiary/aromatic N) is 3. The topological polar surface area (TPSA) is 75.4 Å². The third-order valence-corrected chi connectivity index (χ3v) is 5.39. The van der Waals surface area contributed by atoms with Crippen LogP contribution in [-0.4, -0.2) is 44.8 Å². The van der Waals surface area contributed by atoms with Gasteiger partial charge in [-0.15, -0.1) is 0 Å². The highest BCUT2D eigenvalue weighted by Crippen LogP contribution is 2.59. The van der Waals surface area contributed by atoms with E-state index in [2.05, 4.69) is 5.10 Å². The second-order valence-corrected chi connectivity index (χ2v) is 7.57. The van der Waals surface area contributed by atoms with Crippen molar-refractivity contribution < 1.29 is 23.5 Å². The van der Waals surface area contributed by atoms with Crippen LogP contribution in [-0.2, 0) is 11.3 Å². The van der Waals surface area contributed by atoms with Crippen LogP contribution in [0.25, 0.3) is 0 Å². The molecule has 0 bridgehead atoms. The maximum atomic E-state index is 13.5. The van der Waals surface area contributed by atoms with Gasteiger partial charge >= 0.3 is 5.97 Å². The Bertz CT molecular complexity index is 679. The number of carboxylic acid groups (broad SMARTS) is 1. The molecule has 1 N–H and O–H groups in total. The maximum Gasteiger partial charge on any atom is 0.307 e. The molecule has 1 aromatic rings. The molecule has 1 spiro atoms. The lowest BCUT2D eigenvalue weighted by Gasteiger charge is -2.32. The predicted molar refractivity (Wildman–Crippen MR) is 85.3 cm³/mol. The Morgan fingerprint density at radius 3 is 2.48 bits per heavy atom. The monoisotopic (exact) mass is 355 g/mol. The van der Waals surface area contributed by atoms with Gasteiger partial charge in [0.05, 0.1) is 17.7 Å². The standard InChI is InChI=1S/C17H23F2N3O3/c1-10(2)9-22-13(14(18)19)11(8-20-22)15(23)21-5-3-17(4-6-21)7-12(17)16(24)25/h8,10,12,14H,3-7,9H2,1-2H3,(H,24,25). The molecule has 2 fully saturated rings. The highest BCUT2D eigenvalue weighted by atomic mass is 19.3. The van der Waals surface area contributed by atoms with Crippen molar-refractivity contribution in [2.45, 2.75) is 46.1 Å². The summed E-state index contributed by atoms with van der Waals surface area (Å²) in [6, 6.07) is 0. The maximum absolute atomic E-state index is 13.5. The van der Waals surface area contributed by atoms with E-state index in [1.165, 1.54) is 10.9 Å². The largest absolute Gasteiger partial charge is 0.481 e. The Balaban J connectivity index is 1.72. The number of piperidine rings is 1. The van der Waals surface area contributed by atoms with E-state index >= 15 is 0 Å². The molecule has 0 aromatic carbocycles. The fraction of sp³-hybridized carbons (Fsp3) is 0.706. The van der Waals surface area contributed by atoms with Gasteiger partial charge in [0.15, 0.2) is 0 Å². The van der Waals surface area contributed by atoms with Gasteiger partial charge in [-0.3, -0.25) is 14.3 Å². The Hall–Kier alpha value is -1.99. The molecular formula is C17H23F2N3O3. The van der Waals surface area contributed by atoms with E-state index in [1.807, 2.05) is 13.8 Å². The number of rotatable bonds is 5. The summed E-state index contributed by atoms with van der Waals surface area (Å²) in [5.41, 5.74) is -0.568. The number of amides is 1. The van der Waals surface area contributed by atoms with Gasteiger partial charge in [-0.25, -0.2) is 8.78 Å². The molecule has 0 radical (unpaired) electrons. The van der Waals surface area contributed by atoms with Gasteiger partial charge in [-0.2, -0.15) is 5.10 Å². The van der Waals surface area contributed by atoms with Gasteiger partial charge in [0.1, 0.15) is 5.69 Å². The number of hydrogen-bond donors (Lipinski definition) is 1.